The number of ketones is 2. The third-order valence-electron chi connectivity index (χ3n) is 7.60. The molecule has 1 aliphatic carbocycles. The van der Waals surface area contributed by atoms with E-state index in [1.165, 1.54) is 0 Å². The topological polar surface area (TPSA) is 34.1 Å². The molecule has 0 radical (unpaired) electrons. The van der Waals surface area contributed by atoms with Gasteiger partial charge in [0, 0.05) is 11.3 Å². The first kappa shape index (κ1) is 19.4. The average Bonchev–Trinajstić information content (AvgIpc) is 2.56. The van der Waals surface area contributed by atoms with E-state index in [0.29, 0.717) is 0 Å². The van der Waals surface area contributed by atoms with Crippen molar-refractivity contribution in [1.82, 2.24) is 0 Å². The molecule has 1 unspecified atom stereocenters. The summed E-state index contributed by atoms with van der Waals surface area (Å²) in [6, 6.07) is 0. The number of carbonyl (C=O) groups excluding carboxylic acids is 2. The van der Waals surface area contributed by atoms with Gasteiger partial charge in [-0.15, -0.1) is 0 Å². The van der Waals surface area contributed by atoms with Gasteiger partial charge < -0.3 is 0 Å². The predicted molar refractivity (Wildman–Crippen MR) is 92.8 cm³/mol. The van der Waals surface area contributed by atoms with Gasteiger partial charge in [0.2, 0.25) is 11.6 Å². The van der Waals surface area contributed by atoms with Crippen molar-refractivity contribution in [1.29, 1.82) is 0 Å². The predicted octanol–water partition coefficient (Wildman–Crippen LogP) is 5.58. The van der Waals surface area contributed by atoms with Crippen LogP contribution in [0, 0.1) is 22.2 Å². The van der Waals surface area contributed by atoms with E-state index in [-0.39, 0.29) is 28.3 Å². The van der Waals surface area contributed by atoms with Crippen LogP contribution in [0.15, 0.2) is 0 Å². The largest absolute Gasteiger partial charge is 0.291 e. The molecule has 0 amide bonds. The van der Waals surface area contributed by atoms with Gasteiger partial charge in [-0.25, -0.2) is 0 Å². The van der Waals surface area contributed by atoms with Crippen molar-refractivity contribution in [2.75, 3.05) is 0 Å². The Morgan fingerprint density at radius 3 is 1.45 bits per heavy atom. The Morgan fingerprint density at radius 2 is 1.18 bits per heavy atom. The molecular formula is C20H36O2. The van der Waals surface area contributed by atoms with Gasteiger partial charge in [0.25, 0.3) is 0 Å². The summed E-state index contributed by atoms with van der Waals surface area (Å²) in [5.41, 5.74) is -0.563. The van der Waals surface area contributed by atoms with E-state index in [1.54, 1.807) is 0 Å². The van der Waals surface area contributed by atoms with Crippen LogP contribution < -0.4 is 0 Å². The Kier molecular flexibility index (Phi) is 6.03. The summed E-state index contributed by atoms with van der Waals surface area (Å²) in [6.45, 7) is 15.2. The van der Waals surface area contributed by atoms with Crippen molar-refractivity contribution >= 4 is 11.6 Å². The maximum atomic E-state index is 13.2. The first-order valence-electron chi connectivity index (χ1n) is 9.46. The molecule has 0 saturated heterocycles. The molecule has 1 rings (SSSR count). The van der Waals surface area contributed by atoms with E-state index >= 15 is 0 Å². The molecule has 0 heterocycles. The zero-order chi connectivity index (χ0) is 17.2. The Bertz CT molecular complexity index is 409. The molecule has 2 heteroatoms. The summed E-state index contributed by atoms with van der Waals surface area (Å²) < 4.78 is 0. The van der Waals surface area contributed by atoms with E-state index in [0.717, 1.165) is 44.9 Å². The molecule has 0 aromatic rings. The highest BCUT2D eigenvalue weighted by molar-refractivity contribution is 6.41. The van der Waals surface area contributed by atoms with Crippen LogP contribution in [-0.2, 0) is 9.59 Å². The summed E-state index contributed by atoms with van der Waals surface area (Å²) >= 11 is 0. The van der Waals surface area contributed by atoms with E-state index < -0.39 is 5.41 Å². The Balaban J connectivity index is 3.82. The van der Waals surface area contributed by atoms with Gasteiger partial charge in [-0.1, -0.05) is 48.5 Å². The van der Waals surface area contributed by atoms with Crippen molar-refractivity contribution < 1.29 is 9.59 Å². The second-order valence-electron chi connectivity index (χ2n) is 7.10. The zero-order valence-electron chi connectivity index (χ0n) is 15.8. The normalized spacial score (nSPS) is 26.2. The van der Waals surface area contributed by atoms with Crippen LogP contribution in [0.4, 0.5) is 0 Å². The smallest absolute Gasteiger partial charge is 0.205 e. The molecule has 128 valence electrons. The standard InChI is InChI=1S/C20H36O2/c1-8-15-16(21)17(22)19(11-4,12-5)20(13-6,14-7)18(15,9-2)10-3/h15H,8-14H2,1-7H3. The van der Waals surface area contributed by atoms with Crippen LogP contribution in [0.25, 0.3) is 0 Å². The average molecular weight is 309 g/mol. The number of hydrogen-bond donors (Lipinski definition) is 0. The molecule has 0 N–H and O–H groups in total. The van der Waals surface area contributed by atoms with Crippen LogP contribution >= 0.6 is 0 Å². The Morgan fingerprint density at radius 1 is 0.727 bits per heavy atom. The monoisotopic (exact) mass is 308 g/mol. The van der Waals surface area contributed by atoms with Gasteiger partial charge in [0.05, 0.1) is 0 Å². The van der Waals surface area contributed by atoms with E-state index in [9.17, 15) is 9.59 Å². The molecule has 1 saturated carbocycles. The third-order valence-corrected chi connectivity index (χ3v) is 7.60. The van der Waals surface area contributed by atoms with Gasteiger partial charge in [-0.05, 0) is 55.8 Å². The van der Waals surface area contributed by atoms with Crippen LogP contribution in [0.3, 0.4) is 0 Å². The van der Waals surface area contributed by atoms with Gasteiger partial charge in [-0.3, -0.25) is 9.59 Å². The quantitative estimate of drug-likeness (QED) is 0.575. The lowest BCUT2D eigenvalue weighted by Gasteiger charge is -2.65. The molecule has 0 aromatic heterocycles. The van der Waals surface area contributed by atoms with Crippen molar-refractivity contribution in [3.05, 3.63) is 0 Å². The fourth-order valence-electron chi connectivity index (χ4n) is 6.55. The first-order valence-corrected chi connectivity index (χ1v) is 9.46. The Hall–Kier alpha value is -0.660. The second-order valence-corrected chi connectivity index (χ2v) is 7.10. The highest BCUT2D eigenvalue weighted by Crippen LogP contribution is 2.68. The summed E-state index contributed by atoms with van der Waals surface area (Å²) in [5, 5.41) is 0. The van der Waals surface area contributed by atoms with E-state index in [2.05, 4.69) is 48.5 Å². The van der Waals surface area contributed by atoms with E-state index in [1.807, 2.05) is 0 Å². The summed E-state index contributed by atoms with van der Waals surface area (Å²) in [7, 11) is 0. The molecule has 2 nitrogen and oxygen atoms in total. The Labute approximate surface area is 137 Å². The molecule has 1 aliphatic rings. The maximum absolute atomic E-state index is 13.2. The van der Waals surface area contributed by atoms with Crippen molar-refractivity contribution in [2.24, 2.45) is 22.2 Å². The fraction of sp³-hybridized carbons (Fsp3) is 0.900. The summed E-state index contributed by atoms with van der Waals surface area (Å²) in [4.78, 5) is 26.2. The summed E-state index contributed by atoms with van der Waals surface area (Å²) in [5.74, 6) is -0.237. The van der Waals surface area contributed by atoms with Crippen molar-refractivity contribution in [2.45, 2.75) is 93.4 Å². The van der Waals surface area contributed by atoms with Crippen LogP contribution in [0.2, 0.25) is 0 Å². The molecule has 0 aliphatic heterocycles. The molecule has 1 atom stereocenters. The SMILES string of the molecule is CCC1C(=O)C(=O)C(CC)(CC)C(CC)(CC)C1(CC)CC. The lowest BCUT2D eigenvalue weighted by atomic mass is 9.37. The van der Waals surface area contributed by atoms with Gasteiger partial charge in [0.15, 0.2) is 0 Å². The summed E-state index contributed by atoms with van der Waals surface area (Å²) in [6.07, 6.45) is 6.32. The minimum Gasteiger partial charge on any atom is -0.291 e. The number of Topliss-reactive ketones (excluding diaryl/α,β-unsaturated/α-hetero) is 2. The molecule has 0 aromatic carbocycles. The maximum Gasteiger partial charge on any atom is 0.205 e. The number of carbonyl (C=O) groups is 2. The van der Waals surface area contributed by atoms with Crippen LogP contribution in [0.5, 0.6) is 0 Å². The van der Waals surface area contributed by atoms with Crippen LogP contribution in [0.1, 0.15) is 93.4 Å². The lowest BCUT2D eigenvalue weighted by molar-refractivity contribution is -0.191. The minimum absolute atomic E-state index is 0.0394. The van der Waals surface area contributed by atoms with Gasteiger partial charge in [-0.2, -0.15) is 0 Å². The molecule has 1 fully saturated rings. The number of rotatable bonds is 7. The first-order chi connectivity index (χ1) is 10.4. The van der Waals surface area contributed by atoms with Gasteiger partial charge >= 0.3 is 0 Å². The molecule has 0 bridgehead atoms. The molecule has 0 spiro atoms. The van der Waals surface area contributed by atoms with Crippen molar-refractivity contribution in [3.63, 3.8) is 0 Å². The lowest BCUT2D eigenvalue weighted by Crippen LogP contribution is -2.66. The minimum atomic E-state index is -0.467. The highest BCUT2D eigenvalue weighted by atomic mass is 16.2. The van der Waals surface area contributed by atoms with Crippen molar-refractivity contribution in [3.8, 4) is 0 Å². The number of hydrogen-bond acceptors (Lipinski definition) is 2. The van der Waals surface area contributed by atoms with Crippen LogP contribution in [-0.4, -0.2) is 11.6 Å². The molecule has 22 heavy (non-hydrogen) atoms. The zero-order valence-corrected chi connectivity index (χ0v) is 15.8. The van der Waals surface area contributed by atoms with E-state index in [4.69, 9.17) is 0 Å². The highest BCUT2D eigenvalue weighted by Gasteiger charge is 2.68. The fourth-order valence-corrected chi connectivity index (χ4v) is 6.55. The van der Waals surface area contributed by atoms with Gasteiger partial charge in [0.1, 0.15) is 0 Å². The second kappa shape index (κ2) is 6.84. The molecular weight excluding hydrogens is 272 g/mol. The third kappa shape index (κ3) is 1.98.